The number of rotatable bonds is 1. The molecule has 0 aliphatic carbocycles. The van der Waals surface area contributed by atoms with E-state index in [1.807, 2.05) is 24.3 Å². The minimum atomic E-state index is -0.675. The minimum Gasteiger partial charge on any atom is -0.338 e. The fourth-order valence-corrected chi connectivity index (χ4v) is 2.47. The number of H-pyrrole nitrogens is 1. The van der Waals surface area contributed by atoms with E-state index in [2.05, 4.69) is 15.0 Å². The van der Waals surface area contributed by atoms with Gasteiger partial charge in [-0.2, -0.15) is 0 Å². The molecule has 0 saturated heterocycles. The molecule has 0 radical (unpaired) electrons. The number of pyridine rings is 1. The molecule has 0 spiro atoms. The van der Waals surface area contributed by atoms with E-state index in [9.17, 15) is 8.78 Å². The standard InChI is InChI=1S/C16H9F2N3/c17-9-7-12(18)15-14(8-9)20-16(21-15)11-5-6-19-13-4-2-1-3-10(11)13/h1-8H,(H,20,21). The van der Waals surface area contributed by atoms with Crippen molar-refractivity contribution in [2.45, 2.75) is 0 Å². The molecule has 5 heteroatoms. The monoisotopic (exact) mass is 281 g/mol. The molecule has 2 heterocycles. The van der Waals surface area contributed by atoms with Gasteiger partial charge in [0.2, 0.25) is 0 Å². The zero-order chi connectivity index (χ0) is 14.4. The molecule has 2 aromatic carbocycles. The number of aromatic nitrogens is 3. The van der Waals surface area contributed by atoms with Crippen molar-refractivity contribution in [3.05, 3.63) is 60.3 Å². The smallest absolute Gasteiger partial charge is 0.153 e. The molecule has 0 atom stereocenters. The molecule has 4 rings (SSSR count). The van der Waals surface area contributed by atoms with Crippen LogP contribution in [0.1, 0.15) is 0 Å². The Balaban J connectivity index is 2.03. The summed E-state index contributed by atoms with van der Waals surface area (Å²) in [6.45, 7) is 0. The van der Waals surface area contributed by atoms with Crippen molar-refractivity contribution in [1.29, 1.82) is 0 Å². The molecule has 0 aliphatic heterocycles. The first-order chi connectivity index (χ1) is 10.2. The van der Waals surface area contributed by atoms with E-state index in [-0.39, 0.29) is 5.52 Å². The lowest BCUT2D eigenvalue weighted by atomic mass is 10.1. The van der Waals surface area contributed by atoms with Gasteiger partial charge in [0.1, 0.15) is 17.2 Å². The number of fused-ring (bicyclic) bond motifs is 2. The average Bonchev–Trinajstić information content (AvgIpc) is 2.90. The van der Waals surface area contributed by atoms with Crippen LogP contribution in [0.25, 0.3) is 33.3 Å². The van der Waals surface area contributed by atoms with Gasteiger partial charge in [-0.15, -0.1) is 0 Å². The van der Waals surface area contributed by atoms with E-state index in [1.54, 1.807) is 12.3 Å². The summed E-state index contributed by atoms with van der Waals surface area (Å²) < 4.78 is 27.0. The lowest BCUT2D eigenvalue weighted by Crippen LogP contribution is -1.85. The third kappa shape index (κ3) is 1.86. The average molecular weight is 281 g/mol. The first-order valence-electron chi connectivity index (χ1n) is 6.41. The number of para-hydroxylation sites is 1. The molecule has 102 valence electrons. The Morgan fingerprint density at radius 2 is 1.86 bits per heavy atom. The Hall–Kier alpha value is -2.82. The van der Waals surface area contributed by atoms with Crippen LogP contribution in [0.5, 0.6) is 0 Å². The maximum absolute atomic E-state index is 13.8. The summed E-state index contributed by atoms with van der Waals surface area (Å²) >= 11 is 0. The van der Waals surface area contributed by atoms with Crippen molar-refractivity contribution in [3.63, 3.8) is 0 Å². The van der Waals surface area contributed by atoms with Crippen LogP contribution < -0.4 is 0 Å². The third-order valence-corrected chi connectivity index (χ3v) is 3.41. The van der Waals surface area contributed by atoms with Crippen molar-refractivity contribution in [2.75, 3.05) is 0 Å². The SMILES string of the molecule is Fc1cc(F)c2nc(-c3ccnc4ccccc34)[nH]c2c1. The molecular weight excluding hydrogens is 272 g/mol. The summed E-state index contributed by atoms with van der Waals surface area (Å²) in [5.41, 5.74) is 2.09. The highest BCUT2D eigenvalue weighted by Crippen LogP contribution is 2.28. The molecule has 21 heavy (non-hydrogen) atoms. The number of hydrogen-bond acceptors (Lipinski definition) is 2. The lowest BCUT2D eigenvalue weighted by Gasteiger charge is -2.02. The van der Waals surface area contributed by atoms with E-state index in [4.69, 9.17) is 0 Å². The van der Waals surface area contributed by atoms with Crippen LogP contribution in [0.3, 0.4) is 0 Å². The molecule has 0 bridgehead atoms. The molecule has 4 aromatic rings. The fourth-order valence-electron chi connectivity index (χ4n) is 2.47. The number of nitrogens with one attached hydrogen (secondary N) is 1. The van der Waals surface area contributed by atoms with E-state index >= 15 is 0 Å². The summed E-state index contributed by atoms with van der Waals surface area (Å²) in [4.78, 5) is 11.5. The molecule has 0 saturated carbocycles. The highest BCUT2D eigenvalue weighted by atomic mass is 19.1. The lowest BCUT2D eigenvalue weighted by molar-refractivity contribution is 0.591. The zero-order valence-electron chi connectivity index (χ0n) is 10.8. The Labute approximate surface area is 118 Å². The summed E-state index contributed by atoms with van der Waals surface area (Å²) in [6.07, 6.45) is 1.67. The largest absolute Gasteiger partial charge is 0.338 e. The molecule has 0 aliphatic rings. The summed E-state index contributed by atoms with van der Waals surface area (Å²) in [5.74, 6) is -0.811. The van der Waals surface area contributed by atoms with Gasteiger partial charge < -0.3 is 4.98 Å². The maximum atomic E-state index is 13.8. The van der Waals surface area contributed by atoms with Crippen molar-refractivity contribution in [1.82, 2.24) is 15.0 Å². The molecule has 0 amide bonds. The maximum Gasteiger partial charge on any atom is 0.153 e. The van der Waals surface area contributed by atoms with Crippen molar-refractivity contribution in [2.24, 2.45) is 0 Å². The van der Waals surface area contributed by atoms with Gasteiger partial charge in [0.25, 0.3) is 0 Å². The topological polar surface area (TPSA) is 41.6 Å². The molecule has 0 unspecified atom stereocenters. The molecule has 2 aromatic heterocycles. The van der Waals surface area contributed by atoms with Crippen LogP contribution in [0, 0.1) is 11.6 Å². The number of benzene rings is 2. The van der Waals surface area contributed by atoms with Gasteiger partial charge in [-0.25, -0.2) is 13.8 Å². The van der Waals surface area contributed by atoms with Crippen LogP contribution in [0.15, 0.2) is 48.7 Å². The molecule has 1 N–H and O–H groups in total. The highest BCUT2D eigenvalue weighted by molar-refractivity contribution is 5.94. The van der Waals surface area contributed by atoms with E-state index < -0.39 is 11.6 Å². The normalized spacial score (nSPS) is 11.3. The second kappa shape index (κ2) is 4.34. The summed E-state index contributed by atoms with van der Waals surface area (Å²) in [7, 11) is 0. The first-order valence-corrected chi connectivity index (χ1v) is 6.41. The van der Waals surface area contributed by atoms with E-state index in [1.165, 1.54) is 6.07 Å². The molecule has 0 fully saturated rings. The Kier molecular flexibility index (Phi) is 2.47. The number of hydrogen-bond donors (Lipinski definition) is 1. The second-order valence-electron chi connectivity index (χ2n) is 4.74. The predicted octanol–water partition coefficient (Wildman–Crippen LogP) is 4.06. The number of nitrogens with zero attached hydrogens (tertiary/aromatic N) is 2. The quantitative estimate of drug-likeness (QED) is 0.571. The predicted molar refractivity (Wildman–Crippen MR) is 76.7 cm³/mol. The van der Waals surface area contributed by atoms with Gasteiger partial charge in [0.05, 0.1) is 11.0 Å². The van der Waals surface area contributed by atoms with Crippen molar-refractivity contribution < 1.29 is 8.78 Å². The highest BCUT2D eigenvalue weighted by Gasteiger charge is 2.13. The Bertz CT molecular complexity index is 971. The number of halogens is 2. The number of imidazole rings is 1. The Morgan fingerprint density at radius 3 is 2.76 bits per heavy atom. The van der Waals surface area contributed by atoms with Crippen LogP contribution in [0.4, 0.5) is 8.78 Å². The van der Waals surface area contributed by atoms with Crippen molar-refractivity contribution >= 4 is 21.9 Å². The zero-order valence-corrected chi connectivity index (χ0v) is 10.8. The first kappa shape index (κ1) is 12.0. The van der Waals surface area contributed by atoms with Gasteiger partial charge in [-0.05, 0) is 18.2 Å². The van der Waals surface area contributed by atoms with Gasteiger partial charge in [-0.3, -0.25) is 4.98 Å². The second-order valence-corrected chi connectivity index (χ2v) is 4.74. The molecular formula is C16H9F2N3. The van der Waals surface area contributed by atoms with Gasteiger partial charge in [0.15, 0.2) is 5.82 Å². The Morgan fingerprint density at radius 1 is 1.00 bits per heavy atom. The van der Waals surface area contributed by atoms with Crippen LogP contribution in [-0.4, -0.2) is 15.0 Å². The third-order valence-electron chi connectivity index (χ3n) is 3.41. The number of aromatic amines is 1. The van der Waals surface area contributed by atoms with Crippen molar-refractivity contribution in [3.8, 4) is 11.4 Å². The van der Waals surface area contributed by atoms with Gasteiger partial charge in [-0.1, -0.05) is 18.2 Å². The van der Waals surface area contributed by atoms with E-state index in [0.717, 1.165) is 22.5 Å². The molecule has 3 nitrogen and oxygen atoms in total. The van der Waals surface area contributed by atoms with Crippen LogP contribution in [-0.2, 0) is 0 Å². The van der Waals surface area contributed by atoms with Gasteiger partial charge >= 0.3 is 0 Å². The summed E-state index contributed by atoms with van der Waals surface area (Å²) in [5, 5.41) is 0.903. The fraction of sp³-hybridized carbons (Fsp3) is 0. The minimum absolute atomic E-state index is 0.132. The van der Waals surface area contributed by atoms with E-state index in [0.29, 0.717) is 11.3 Å². The summed E-state index contributed by atoms with van der Waals surface area (Å²) in [6, 6.07) is 11.5. The van der Waals surface area contributed by atoms with Gasteiger partial charge in [0, 0.05) is 23.2 Å². The van der Waals surface area contributed by atoms with Crippen LogP contribution in [0.2, 0.25) is 0 Å². The van der Waals surface area contributed by atoms with Crippen LogP contribution >= 0.6 is 0 Å².